The molecule has 4 nitrogen and oxygen atoms in total. The van der Waals surface area contributed by atoms with Crippen LogP contribution in [0.25, 0.3) is 0 Å². The van der Waals surface area contributed by atoms with Crippen LogP contribution in [0.3, 0.4) is 0 Å². The summed E-state index contributed by atoms with van der Waals surface area (Å²) in [6.07, 6.45) is 0.867. The number of methoxy groups -OCH3 is 1. The first-order valence-corrected chi connectivity index (χ1v) is 10.6. The molecule has 0 fully saturated rings. The van der Waals surface area contributed by atoms with Crippen molar-refractivity contribution in [3.8, 4) is 5.75 Å². The molecule has 0 radical (unpaired) electrons. The van der Waals surface area contributed by atoms with E-state index in [1.807, 2.05) is 47.8 Å². The largest absolute Gasteiger partial charge is 0.497 e. The number of nitrogens with zero attached hydrogens (tertiary/aromatic N) is 2. The topological polar surface area (TPSA) is 42.4 Å². The summed E-state index contributed by atoms with van der Waals surface area (Å²) in [6.45, 7) is 3.68. The molecule has 27 heavy (non-hydrogen) atoms. The van der Waals surface area contributed by atoms with Gasteiger partial charge in [0.15, 0.2) is 5.13 Å². The first-order chi connectivity index (χ1) is 13.1. The Morgan fingerprint density at radius 3 is 2.59 bits per heavy atom. The van der Waals surface area contributed by atoms with Crippen LogP contribution in [0.5, 0.6) is 5.75 Å². The van der Waals surface area contributed by atoms with E-state index >= 15 is 0 Å². The van der Waals surface area contributed by atoms with E-state index in [1.54, 1.807) is 30.7 Å². The zero-order chi connectivity index (χ0) is 19.2. The number of rotatable bonds is 7. The molecular weight excluding hydrogens is 376 g/mol. The van der Waals surface area contributed by atoms with Crippen LogP contribution in [-0.4, -0.2) is 18.0 Å². The smallest absolute Gasteiger partial charge is 0.230 e. The van der Waals surface area contributed by atoms with Crippen molar-refractivity contribution < 1.29 is 9.53 Å². The lowest BCUT2D eigenvalue weighted by atomic mass is 10.1. The fraction of sp³-hybridized carbons (Fsp3) is 0.238. The Labute approximate surface area is 168 Å². The number of anilines is 2. The van der Waals surface area contributed by atoms with Crippen LogP contribution in [0, 0.1) is 0 Å². The number of benzene rings is 2. The minimum absolute atomic E-state index is 0.0281. The molecule has 0 spiro atoms. The Morgan fingerprint density at radius 2 is 1.93 bits per heavy atom. The van der Waals surface area contributed by atoms with E-state index in [2.05, 4.69) is 13.0 Å². The predicted octanol–water partition coefficient (Wildman–Crippen LogP) is 5.69. The lowest BCUT2D eigenvalue weighted by molar-refractivity contribution is -0.115. The minimum Gasteiger partial charge on any atom is -0.497 e. The molecule has 0 unspecified atom stereocenters. The Morgan fingerprint density at radius 1 is 1.19 bits per heavy atom. The quantitative estimate of drug-likeness (QED) is 0.479. The fourth-order valence-electron chi connectivity index (χ4n) is 2.73. The molecule has 1 aromatic heterocycles. The average molecular weight is 399 g/mol. The maximum absolute atomic E-state index is 12.3. The van der Waals surface area contributed by atoms with Crippen LogP contribution < -0.4 is 9.64 Å². The maximum Gasteiger partial charge on any atom is 0.230 e. The number of aromatic nitrogens is 1. The van der Waals surface area contributed by atoms with Crippen molar-refractivity contribution in [2.75, 3.05) is 12.0 Å². The number of thioether (sulfide) groups is 1. The van der Waals surface area contributed by atoms with Gasteiger partial charge in [-0.3, -0.25) is 9.69 Å². The molecule has 2 aromatic carbocycles. The third-order valence-corrected chi connectivity index (χ3v) is 6.03. The lowest BCUT2D eigenvalue weighted by Crippen LogP contribution is -2.23. The van der Waals surface area contributed by atoms with Gasteiger partial charge in [-0.1, -0.05) is 25.1 Å². The molecule has 3 aromatic rings. The number of carbonyl (C=O) groups is 1. The highest BCUT2D eigenvalue weighted by Gasteiger charge is 2.20. The zero-order valence-corrected chi connectivity index (χ0v) is 17.3. The molecular formula is C21H22N2O2S2. The molecule has 6 heteroatoms. The van der Waals surface area contributed by atoms with Crippen molar-refractivity contribution in [1.29, 1.82) is 0 Å². The molecule has 0 N–H and O–H groups in total. The number of para-hydroxylation sites is 1. The standard InChI is InChI=1S/C21H22N2O2S2/c1-4-16-7-5-6-8-20(16)23(15(2)24)21-22-17(14-27-21)13-26-19-11-9-18(25-3)10-12-19/h5-12,14H,4,13H2,1-3H3. The van der Waals surface area contributed by atoms with Gasteiger partial charge in [0.2, 0.25) is 5.91 Å². The number of thiazole rings is 1. The van der Waals surface area contributed by atoms with E-state index in [-0.39, 0.29) is 5.91 Å². The van der Waals surface area contributed by atoms with Crippen LogP contribution in [0.1, 0.15) is 25.1 Å². The molecule has 0 saturated heterocycles. The molecule has 0 bridgehead atoms. The summed E-state index contributed by atoms with van der Waals surface area (Å²) in [6, 6.07) is 16.0. The van der Waals surface area contributed by atoms with Crippen LogP contribution in [0.2, 0.25) is 0 Å². The number of aryl methyl sites for hydroxylation is 1. The molecule has 0 saturated carbocycles. The number of ether oxygens (including phenoxy) is 1. The van der Waals surface area contributed by atoms with Crippen molar-refractivity contribution in [1.82, 2.24) is 4.98 Å². The van der Waals surface area contributed by atoms with E-state index in [4.69, 9.17) is 9.72 Å². The van der Waals surface area contributed by atoms with E-state index in [0.717, 1.165) is 39.8 Å². The number of amides is 1. The second-order valence-electron chi connectivity index (χ2n) is 5.92. The molecule has 3 rings (SSSR count). The second kappa shape index (κ2) is 9.06. The second-order valence-corrected chi connectivity index (χ2v) is 7.81. The summed E-state index contributed by atoms with van der Waals surface area (Å²) >= 11 is 3.22. The van der Waals surface area contributed by atoms with Crippen molar-refractivity contribution in [3.05, 3.63) is 65.2 Å². The van der Waals surface area contributed by atoms with Crippen molar-refractivity contribution in [2.45, 2.75) is 30.9 Å². The fourth-order valence-corrected chi connectivity index (χ4v) is 4.51. The van der Waals surface area contributed by atoms with Gasteiger partial charge in [0, 0.05) is 23.0 Å². The van der Waals surface area contributed by atoms with Crippen LogP contribution in [0.4, 0.5) is 10.8 Å². The highest BCUT2D eigenvalue weighted by atomic mass is 32.2. The van der Waals surface area contributed by atoms with Gasteiger partial charge in [-0.2, -0.15) is 0 Å². The van der Waals surface area contributed by atoms with Gasteiger partial charge in [0.25, 0.3) is 0 Å². The average Bonchev–Trinajstić information content (AvgIpc) is 3.15. The Hall–Kier alpha value is -2.31. The van der Waals surface area contributed by atoms with Crippen LogP contribution in [-0.2, 0) is 17.0 Å². The van der Waals surface area contributed by atoms with Crippen LogP contribution in [0.15, 0.2) is 58.8 Å². The summed E-state index contributed by atoms with van der Waals surface area (Å²) < 4.78 is 5.19. The normalized spacial score (nSPS) is 10.6. The van der Waals surface area contributed by atoms with Crippen molar-refractivity contribution in [3.63, 3.8) is 0 Å². The minimum atomic E-state index is -0.0281. The number of hydrogen-bond donors (Lipinski definition) is 0. The van der Waals surface area contributed by atoms with E-state index in [9.17, 15) is 4.79 Å². The number of carbonyl (C=O) groups excluding carboxylic acids is 1. The summed E-state index contributed by atoms with van der Waals surface area (Å²) in [4.78, 5) is 19.9. The third-order valence-electron chi connectivity index (χ3n) is 4.11. The third kappa shape index (κ3) is 4.70. The number of hydrogen-bond acceptors (Lipinski definition) is 5. The Balaban J connectivity index is 1.76. The lowest BCUT2D eigenvalue weighted by Gasteiger charge is -2.20. The van der Waals surface area contributed by atoms with Crippen LogP contribution >= 0.6 is 23.1 Å². The van der Waals surface area contributed by atoms with Crippen molar-refractivity contribution >= 4 is 39.8 Å². The molecule has 0 aliphatic rings. The summed E-state index contributed by atoms with van der Waals surface area (Å²) in [5.74, 6) is 1.57. The first-order valence-electron chi connectivity index (χ1n) is 8.72. The molecule has 1 amide bonds. The van der Waals surface area contributed by atoms with E-state index in [1.165, 1.54) is 11.3 Å². The van der Waals surface area contributed by atoms with Gasteiger partial charge in [-0.05, 0) is 42.3 Å². The van der Waals surface area contributed by atoms with Gasteiger partial charge in [0.05, 0.1) is 18.5 Å². The molecule has 140 valence electrons. The van der Waals surface area contributed by atoms with Gasteiger partial charge < -0.3 is 4.74 Å². The SMILES string of the molecule is CCc1ccccc1N(C(C)=O)c1nc(CSc2ccc(OC)cc2)cs1. The van der Waals surface area contributed by atoms with Gasteiger partial charge >= 0.3 is 0 Å². The maximum atomic E-state index is 12.3. The monoisotopic (exact) mass is 398 g/mol. The predicted molar refractivity (Wildman–Crippen MR) is 113 cm³/mol. The molecule has 0 aliphatic heterocycles. The molecule has 0 atom stereocenters. The molecule has 0 aliphatic carbocycles. The highest BCUT2D eigenvalue weighted by molar-refractivity contribution is 7.98. The zero-order valence-electron chi connectivity index (χ0n) is 15.6. The summed E-state index contributed by atoms with van der Waals surface area (Å²) in [5, 5.41) is 2.74. The molecule has 1 heterocycles. The van der Waals surface area contributed by atoms with Crippen molar-refractivity contribution in [2.24, 2.45) is 0 Å². The Kier molecular flexibility index (Phi) is 6.53. The first kappa shape index (κ1) is 19.5. The van der Waals surface area contributed by atoms with E-state index < -0.39 is 0 Å². The Bertz CT molecular complexity index is 907. The summed E-state index contributed by atoms with van der Waals surface area (Å²) in [5.41, 5.74) is 3.02. The van der Waals surface area contributed by atoms with Gasteiger partial charge in [-0.25, -0.2) is 4.98 Å². The van der Waals surface area contributed by atoms with Gasteiger partial charge in [-0.15, -0.1) is 23.1 Å². The van der Waals surface area contributed by atoms with E-state index in [0.29, 0.717) is 5.13 Å². The highest BCUT2D eigenvalue weighted by Crippen LogP contribution is 2.33. The van der Waals surface area contributed by atoms with Gasteiger partial charge in [0.1, 0.15) is 5.75 Å². The summed E-state index contributed by atoms with van der Waals surface area (Å²) in [7, 11) is 1.66.